The van der Waals surface area contributed by atoms with Crippen LogP contribution in [0.25, 0.3) is 22.0 Å². The molecule has 0 fully saturated rings. The number of fused-ring (bicyclic) bond motifs is 1. The van der Waals surface area contributed by atoms with E-state index >= 15 is 0 Å². The quantitative estimate of drug-likeness (QED) is 0.396. The van der Waals surface area contributed by atoms with Crippen LogP contribution in [0.15, 0.2) is 90.1 Å². The van der Waals surface area contributed by atoms with Crippen molar-refractivity contribution in [1.82, 2.24) is 14.1 Å². The third-order valence-electron chi connectivity index (χ3n) is 6.66. The third kappa shape index (κ3) is 3.45. The average Bonchev–Trinajstić information content (AvgIpc) is 3.28. The highest BCUT2D eigenvalue weighted by atomic mass is 35.5. The van der Waals surface area contributed by atoms with Crippen molar-refractivity contribution >= 4 is 22.5 Å². The Hall–Kier alpha value is -3.67. The van der Waals surface area contributed by atoms with Gasteiger partial charge in [-0.2, -0.15) is 0 Å². The van der Waals surface area contributed by atoms with Crippen LogP contribution >= 0.6 is 11.6 Å². The van der Waals surface area contributed by atoms with E-state index in [9.17, 15) is 4.79 Å². The zero-order chi connectivity index (χ0) is 24.0. The summed E-state index contributed by atoms with van der Waals surface area (Å²) in [5.74, 6) is 0. The molecule has 0 aliphatic carbocycles. The Morgan fingerprint density at radius 2 is 1.62 bits per heavy atom. The van der Waals surface area contributed by atoms with E-state index in [1.165, 1.54) is 0 Å². The molecule has 0 radical (unpaired) electrons. The van der Waals surface area contributed by atoms with Crippen molar-refractivity contribution < 1.29 is 0 Å². The van der Waals surface area contributed by atoms with Crippen LogP contribution in [0.4, 0.5) is 0 Å². The monoisotopic (exact) mass is 468 g/mol. The van der Waals surface area contributed by atoms with E-state index in [2.05, 4.69) is 24.0 Å². The fourth-order valence-electron chi connectivity index (χ4n) is 4.72. The number of imidazole rings is 1. The Labute approximate surface area is 203 Å². The molecule has 2 aromatic heterocycles. The molecule has 170 valence electrons. The van der Waals surface area contributed by atoms with E-state index in [1.54, 1.807) is 30.2 Å². The lowest BCUT2D eigenvalue weighted by Gasteiger charge is -2.31. The number of pyridine rings is 1. The van der Waals surface area contributed by atoms with E-state index in [1.807, 2.05) is 66.2 Å². The highest BCUT2D eigenvalue weighted by molar-refractivity contribution is 6.30. The number of nitrogens with two attached hydrogens (primary N) is 1. The molecule has 6 heteroatoms. The van der Waals surface area contributed by atoms with Crippen LogP contribution in [0.1, 0.15) is 22.4 Å². The average molecular weight is 469 g/mol. The largest absolute Gasteiger partial charge is 0.336 e. The summed E-state index contributed by atoms with van der Waals surface area (Å²) in [4.78, 5) is 17.2. The predicted octanol–water partition coefficient (Wildman–Crippen LogP) is 5.15. The van der Waals surface area contributed by atoms with Gasteiger partial charge < -0.3 is 14.9 Å². The van der Waals surface area contributed by atoms with Crippen molar-refractivity contribution in [2.24, 2.45) is 19.8 Å². The standard InChI is InChI=1S/C28H25ClN4O/c1-18-6-4-5-7-22(18)23-15-27(34)33(3)25-13-10-20(14-24(23)25)28(30,26-16-31-17-32(26)2)19-8-11-21(29)12-9-19/h4-17H,30H2,1-3H3. The number of nitrogens with zero attached hydrogens (tertiary/aromatic N) is 3. The lowest BCUT2D eigenvalue weighted by atomic mass is 9.80. The summed E-state index contributed by atoms with van der Waals surface area (Å²) in [6.07, 6.45) is 3.54. The predicted molar refractivity (Wildman–Crippen MR) is 138 cm³/mol. The number of hydrogen-bond acceptors (Lipinski definition) is 3. The summed E-state index contributed by atoms with van der Waals surface area (Å²) >= 11 is 6.19. The SMILES string of the molecule is Cc1ccccc1-c1cc(=O)n(C)c2ccc(C(N)(c3ccc(Cl)cc3)c3cncn3C)cc12. The van der Waals surface area contributed by atoms with Crippen LogP contribution in [0.3, 0.4) is 0 Å². The van der Waals surface area contributed by atoms with Crippen molar-refractivity contribution in [2.45, 2.75) is 12.5 Å². The highest BCUT2D eigenvalue weighted by Gasteiger charge is 2.35. The molecule has 2 heterocycles. The first-order valence-electron chi connectivity index (χ1n) is 11.0. The molecule has 3 aromatic carbocycles. The number of benzene rings is 3. The minimum Gasteiger partial charge on any atom is -0.336 e. The van der Waals surface area contributed by atoms with Gasteiger partial charge in [-0.1, -0.05) is 54.1 Å². The fourth-order valence-corrected chi connectivity index (χ4v) is 4.84. The van der Waals surface area contributed by atoms with Gasteiger partial charge in [-0.3, -0.25) is 4.79 Å². The number of rotatable bonds is 4. The maximum Gasteiger partial charge on any atom is 0.251 e. The molecule has 5 aromatic rings. The lowest BCUT2D eigenvalue weighted by Crippen LogP contribution is -2.41. The molecule has 0 aliphatic heterocycles. The Bertz CT molecular complexity index is 1580. The zero-order valence-corrected chi connectivity index (χ0v) is 20.0. The van der Waals surface area contributed by atoms with Gasteiger partial charge in [0, 0.05) is 30.6 Å². The summed E-state index contributed by atoms with van der Waals surface area (Å²) in [5.41, 5.74) is 12.7. The second-order valence-electron chi connectivity index (χ2n) is 8.71. The first-order valence-corrected chi connectivity index (χ1v) is 11.4. The third-order valence-corrected chi connectivity index (χ3v) is 6.91. The summed E-state index contributed by atoms with van der Waals surface area (Å²) in [6, 6.07) is 23.4. The second kappa shape index (κ2) is 8.28. The second-order valence-corrected chi connectivity index (χ2v) is 9.14. The topological polar surface area (TPSA) is 65.8 Å². The van der Waals surface area contributed by atoms with Gasteiger partial charge in [-0.15, -0.1) is 0 Å². The van der Waals surface area contributed by atoms with Gasteiger partial charge in [0.15, 0.2) is 0 Å². The van der Waals surface area contributed by atoms with Crippen LogP contribution < -0.4 is 11.3 Å². The van der Waals surface area contributed by atoms with Crippen molar-refractivity contribution in [3.8, 4) is 11.1 Å². The lowest BCUT2D eigenvalue weighted by molar-refractivity contribution is 0.596. The highest BCUT2D eigenvalue weighted by Crippen LogP contribution is 2.38. The molecule has 0 bridgehead atoms. The Morgan fingerprint density at radius 1 is 0.912 bits per heavy atom. The Morgan fingerprint density at radius 3 is 2.29 bits per heavy atom. The van der Waals surface area contributed by atoms with Gasteiger partial charge in [0.25, 0.3) is 5.56 Å². The van der Waals surface area contributed by atoms with E-state index in [4.69, 9.17) is 17.3 Å². The molecular formula is C28H25ClN4O. The van der Waals surface area contributed by atoms with Crippen LogP contribution in [-0.2, 0) is 19.6 Å². The van der Waals surface area contributed by atoms with E-state index in [0.29, 0.717) is 5.02 Å². The molecule has 0 amide bonds. The maximum absolute atomic E-state index is 12.8. The summed E-state index contributed by atoms with van der Waals surface area (Å²) in [7, 11) is 3.73. The molecule has 5 nitrogen and oxygen atoms in total. The van der Waals surface area contributed by atoms with Gasteiger partial charge in [0.2, 0.25) is 0 Å². The molecule has 0 saturated heterocycles. The molecule has 2 N–H and O–H groups in total. The molecule has 0 saturated carbocycles. The minimum atomic E-state index is -0.984. The van der Waals surface area contributed by atoms with Crippen LogP contribution in [0.5, 0.6) is 0 Å². The summed E-state index contributed by atoms with van der Waals surface area (Å²) in [5, 5.41) is 1.60. The molecule has 34 heavy (non-hydrogen) atoms. The van der Waals surface area contributed by atoms with Gasteiger partial charge in [-0.05, 0) is 59.0 Å². The van der Waals surface area contributed by atoms with Gasteiger partial charge >= 0.3 is 0 Å². The Kier molecular flexibility index (Phi) is 5.39. The van der Waals surface area contributed by atoms with Crippen molar-refractivity contribution in [2.75, 3.05) is 0 Å². The summed E-state index contributed by atoms with van der Waals surface area (Å²) in [6.45, 7) is 2.05. The van der Waals surface area contributed by atoms with Crippen molar-refractivity contribution in [1.29, 1.82) is 0 Å². The molecule has 1 atom stereocenters. The zero-order valence-electron chi connectivity index (χ0n) is 19.3. The molecule has 5 rings (SSSR count). The molecule has 0 aliphatic rings. The van der Waals surface area contributed by atoms with Crippen LogP contribution in [0.2, 0.25) is 5.02 Å². The smallest absolute Gasteiger partial charge is 0.251 e. The molecular weight excluding hydrogens is 444 g/mol. The molecule has 1 unspecified atom stereocenters. The molecule has 0 spiro atoms. The van der Waals surface area contributed by atoms with Crippen molar-refractivity contribution in [3.05, 3.63) is 123 Å². The fraction of sp³-hybridized carbons (Fsp3) is 0.143. The van der Waals surface area contributed by atoms with Crippen LogP contribution in [-0.4, -0.2) is 14.1 Å². The van der Waals surface area contributed by atoms with E-state index in [0.717, 1.165) is 44.4 Å². The van der Waals surface area contributed by atoms with Crippen LogP contribution in [0, 0.1) is 6.92 Å². The number of aryl methyl sites for hydroxylation is 3. The summed E-state index contributed by atoms with van der Waals surface area (Å²) < 4.78 is 3.60. The number of hydrogen-bond donors (Lipinski definition) is 1. The number of halogens is 1. The van der Waals surface area contributed by atoms with Gasteiger partial charge in [0.1, 0.15) is 5.54 Å². The minimum absolute atomic E-state index is 0.0538. The number of aromatic nitrogens is 3. The van der Waals surface area contributed by atoms with E-state index in [-0.39, 0.29) is 5.56 Å². The first kappa shape index (κ1) is 22.1. The Balaban J connectivity index is 1.85. The van der Waals surface area contributed by atoms with Gasteiger partial charge in [0.05, 0.1) is 23.7 Å². The maximum atomic E-state index is 12.8. The van der Waals surface area contributed by atoms with Gasteiger partial charge in [-0.25, -0.2) is 4.98 Å². The first-order chi connectivity index (χ1) is 16.3. The van der Waals surface area contributed by atoms with Crippen molar-refractivity contribution in [3.63, 3.8) is 0 Å². The van der Waals surface area contributed by atoms with E-state index < -0.39 is 5.54 Å². The normalized spacial score (nSPS) is 13.2.